The van der Waals surface area contributed by atoms with Gasteiger partial charge in [-0.15, -0.1) is 0 Å². The van der Waals surface area contributed by atoms with Crippen LogP contribution in [0.15, 0.2) is 28.9 Å². The Morgan fingerprint density at radius 2 is 1.69 bits per heavy atom. The second-order valence-electron chi connectivity index (χ2n) is 9.85. The first kappa shape index (κ1) is 21.7. The van der Waals surface area contributed by atoms with Crippen LogP contribution < -0.4 is 5.32 Å². The molecule has 6 rings (SSSR count). The van der Waals surface area contributed by atoms with Crippen LogP contribution in [0.4, 0.5) is 5.69 Å². The molecule has 0 aliphatic heterocycles. The maximum absolute atomic E-state index is 13.7. The van der Waals surface area contributed by atoms with E-state index in [1.165, 1.54) is 0 Å². The molecule has 4 aromatic rings. The zero-order chi connectivity index (χ0) is 24.1. The Morgan fingerprint density at radius 1 is 0.971 bits per heavy atom. The number of benzene rings is 1. The molecule has 1 atom stereocenters. The van der Waals surface area contributed by atoms with Gasteiger partial charge in [0.25, 0.3) is 0 Å². The van der Waals surface area contributed by atoms with Crippen molar-refractivity contribution in [3.05, 3.63) is 47.2 Å². The number of aromatic nitrogens is 7. The van der Waals surface area contributed by atoms with Crippen molar-refractivity contribution in [1.29, 1.82) is 0 Å². The van der Waals surface area contributed by atoms with Crippen LogP contribution >= 0.6 is 0 Å². The topological polar surface area (TPSA) is 138 Å². The SMILES string of the molecule is Cc1nonc1-c1n[nH]c(C(C(=O)Nc2ccc(-c3c(C)n[nH]c3C)cc2)C(C2CC2)C2CC2)n1. The minimum absolute atomic E-state index is 0.0603. The Hall–Kier alpha value is -3.82. The number of anilines is 1. The molecule has 2 aliphatic rings. The van der Waals surface area contributed by atoms with Crippen LogP contribution in [0, 0.1) is 38.5 Å². The molecule has 10 nitrogen and oxygen atoms in total. The van der Waals surface area contributed by atoms with E-state index >= 15 is 0 Å². The van der Waals surface area contributed by atoms with E-state index in [0.717, 1.165) is 53.9 Å². The van der Waals surface area contributed by atoms with E-state index in [2.05, 4.69) is 41.0 Å². The molecular formula is C25H28N8O2. The highest BCUT2D eigenvalue weighted by Gasteiger charge is 2.49. The maximum Gasteiger partial charge on any atom is 0.235 e. The predicted molar refractivity (Wildman–Crippen MR) is 128 cm³/mol. The lowest BCUT2D eigenvalue weighted by Crippen LogP contribution is -2.31. The zero-order valence-electron chi connectivity index (χ0n) is 20.0. The van der Waals surface area contributed by atoms with E-state index < -0.39 is 5.92 Å². The third-order valence-corrected chi connectivity index (χ3v) is 7.23. The number of amides is 1. The van der Waals surface area contributed by atoms with Crippen LogP contribution in [-0.4, -0.2) is 41.6 Å². The van der Waals surface area contributed by atoms with Gasteiger partial charge in [-0.1, -0.05) is 17.3 Å². The Labute approximate surface area is 202 Å². The number of rotatable bonds is 8. The molecule has 0 bridgehead atoms. The number of hydrogen-bond donors (Lipinski definition) is 3. The molecule has 0 saturated heterocycles. The lowest BCUT2D eigenvalue weighted by molar-refractivity contribution is -0.119. The fraction of sp³-hybridized carbons (Fsp3) is 0.440. The number of carbonyl (C=O) groups excluding carboxylic acids is 1. The molecule has 10 heteroatoms. The third kappa shape index (κ3) is 4.13. The first-order valence-electron chi connectivity index (χ1n) is 12.1. The Bertz CT molecular complexity index is 1330. The van der Waals surface area contributed by atoms with Crippen molar-refractivity contribution in [3.8, 4) is 22.6 Å². The Morgan fingerprint density at radius 3 is 2.26 bits per heavy atom. The number of nitrogens with zero attached hydrogens (tertiary/aromatic N) is 5. The summed E-state index contributed by atoms with van der Waals surface area (Å²) in [6.07, 6.45) is 4.65. The van der Waals surface area contributed by atoms with Crippen molar-refractivity contribution in [2.75, 3.05) is 5.32 Å². The second kappa shape index (κ2) is 8.44. The molecule has 2 saturated carbocycles. The minimum Gasteiger partial charge on any atom is -0.325 e. The summed E-state index contributed by atoms with van der Waals surface area (Å²) in [7, 11) is 0. The van der Waals surface area contributed by atoms with E-state index in [1.54, 1.807) is 6.92 Å². The molecule has 35 heavy (non-hydrogen) atoms. The quantitative estimate of drug-likeness (QED) is 0.347. The third-order valence-electron chi connectivity index (χ3n) is 7.23. The van der Waals surface area contributed by atoms with Gasteiger partial charge in [-0.2, -0.15) is 10.2 Å². The first-order chi connectivity index (χ1) is 17.0. The van der Waals surface area contributed by atoms with E-state index in [9.17, 15) is 4.79 Å². The molecule has 0 spiro atoms. The summed E-state index contributed by atoms with van der Waals surface area (Å²) in [6, 6.07) is 7.91. The van der Waals surface area contributed by atoms with Crippen LogP contribution in [-0.2, 0) is 4.79 Å². The predicted octanol–water partition coefficient (Wildman–Crippen LogP) is 4.33. The van der Waals surface area contributed by atoms with Crippen LogP contribution in [0.25, 0.3) is 22.6 Å². The summed E-state index contributed by atoms with van der Waals surface area (Å²) in [6.45, 7) is 5.78. The van der Waals surface area contributed by atoms with Crippen LogP contribution in [0.5, 0.6) is 0 Å². The minimum atomic E-state index is -0.408. The summed E-state index contributed by atoms with van der Waals surface area (Å²) in [4.78, 5) is 18.4. The summed E-state index contributed by atoms with van der Waals surface area (Å²) in [5.41, 5.74) is 5.99. The van der Waals surface area contributed by atoms with Gasteiger partial charge in [-0.3, -0.25) is 15.0 Å². The molecule has 1 aromatic carbocycles. The smallest absolute Gasteiger partial charge is 0.235 e. The van der Waals surface area contributed by atoms with Crippen molar-refractivity contribution in [1.82, 2.24) is 35.7 Å². The first-order valence-corrected chi connectivity index (χ1v) is 12.1. The molecule has 1 amide bonds. The highest BCUT2D eigenvalue weighted by molar-refractivity contribution is 5.96. The van der Waals surface area contributed by atoms with E-state index in [-0.39, 0.29) is 11.8 Å². The van der Waals surface area contributed by atoms with Gasteiger partial charge >= 0.3 is 0 Å². The van der Waals surface area contributed by atoms with Gasteiger partial charge in [-0.25, -0.2) is 9.61 Å². The zero-order valence-corrected chi connectivity index (χ0v) is 20.0. The second-order valence-corrected chi connectivity index (χ2v) is 9.85. The molecule has 3 heterocycles. The van der Waals surface area contributed by atoms with Crippen molar-refractivity contribution >= 4 is 11.6 Å². The lowest BCUT2D eigenvalue weighted by atomic mass is 9.82. The van der Waals surface area contributed by atoms with Gasteiger partial charge in [0.2, 0.25) is 11.7 Å². The van der Waals surface area contributed by atoms with Gasteiger partial charge in [-0.05, 0) is 87.1 Å². The molecule has 0 radical (unpaired) electrons. The number of carbonyl (C=O) groups is 1. The lowest BCUT2D eigenvalue weighted by Gasteiger charge is -2.24. The number of nitrogens with one attached hydrogen (secondary N) is 3. The van der Waals surface area contributed by atoms with Crippen molar-refractivity contribution < 1.29 is 9.42 Å². The summed E-state index contributed by atoms with van der Waals surface area (Å²) < 4.78 is 4.81. The number of aromatic amines is 2. The van der Waals surface area contributed by atoms with Gasteiger partial charge < -0.3 is 5.32 Å². The molecule has 3 aromatic heterocycles. The van der Waals surface area contributed by atoms with Crippen LogP contribution in [0.2, 0.25) is 0 Å². The standard InChI is InChI=1S/C25H28N8O2/c1-12-19(13(2)29-28-12)15-8-10-18(11-9-15)26-25(34)21(20(16-4-5-16)17-6-7-17)23-27-24(31-30-23)22-14(3)32-35-33-22/h8-11,16-17,20-21H,4-7H2,1-3H3,(H,26,34)(H,28,29)(H,27,30,31). The highest BCUT2D eigenvalue weighted by Crippen LogP contribution is 2.54. The largest absolute Gasteiger partial charge is 0.325 e. The average Bonchev–Trinajstić information content (AvgIpc) is 3.75. The fourth-order valence-electron chi connectivity index (χ4n) is 5.24. The summed E-state index contributed by atoms with van der Waals surface area (Å²) in [5.74, 6) is 1.86. The highest BCUT2D eigenvalue weighted by atomic mass is 16.6. The van der Waals surface area contributed by atoms with Crippen LogP contribution in [0.1, 0.15) is 54.5 Å². The van der Waals surface area contributed by atoms with Crippen molar-refractivity contribution in [2.24, 2.45) is 17.8 Å². The van der Waals surface area contributed by atoms with E-state index in [0.29, 0.717) is 34.9 Å². The van der Waals surface area contributed by atoms with Gasteiger partial charge in [0.05, 0.1) is 5.69 Å². The van der Waals surface area contributed by atoms with Crippen molar-refractivity contribution in [3.63, 3.8) is 0 Å². The molecule has 180 valence electrons. The van der Waals surface area contributed by atoms with Gasteiger partial charge in [0.15, 0.2) is 5.69 Å². The summed E-state index contributed by atoms with van der Waals surface area (Å²) >= 11 is 0. The fourth-order valence-corrected chi connectivity index (χ4v) is 5.24. The molecule has 1 unspecified atom stereocenters. The number of aryl methyl sites for hydroxylation is 3. The number of hydrogen-bond acceptors (Lipinski definition) is 7. The van der Waals surface area contributed by atoms with Crippen LogP contribution in [0.3, 0.4) is 0 Å². The Kier molecular flexibility index (Phi) is 5.23. The Balaban J connectivity index is 1.28. The maximum atomic E-state index is 13.7. The number of H-pyrrole nitrogens is 2. The van der Waals surface area contributed by atoms with Gasteiger partial charge in [0.1, 0.15) is 17.4 Å². The molecule has 2 aliphatic carbocycles. The molecular weight excluding hydrogens is 444 g/mol. The van der Waals surface area contributed by atoms with Gasteiger partial charge in [0, 0.05) is 16.9 Å². The monoisotopic (exact) mass is 472 g/mol. The van der Waals surface area contributed by atoms with E-state index in [4.69, 9.17) is 4.63 Å². The normalized spacial score (nSPS) is 16.6. The van der Waals surface area contributed by atoms with E-state index in [1.807, 2.05) is 38.1 Å². The van der Waals surface area contributed by atoms with Crippen molar-refractivity contribution in [2.45, 2.75) is 52.4 Å². The molecule has 2 fully saturated rings. The summed E-state index contributed by atoms with van der Waals surface area (Å²) in [5, 5.41) is 25.6. The average molecular weight is 473 g/mol. The molecule has 3 N–H and O–H groups in total.